The monoisotopic (exact) mass is 250 g/mol. The maximum Gasteiger partial charge on any atom is 0.301 e. The van der Waals surface area contributed by atoms with E-state index in [1.54, 1.807) is 6.21 Å². The summed E-state index contributed by atoms with van der Waals surface area (Å²) in [6.07, 6.45) is 2.35. The van der Waals surface area contributed by atoms with Crippen molar-refractivity contribution in [2.75, 3.05) is 5.01 Å². The summed E-state index contributed by atoms with van der Waals surface area (Å²) in [6, 6.07) is 3.55. The molecule has 1 aromatic carbocycles. The van der Waals surface area contributed by atoms with Gasteiger partial charge in [-0.3, -0.25) is 25.2 Å². The molecule has 8 heteroatoms. The van der Waals surface area contributed by atoms with Gasteiger partial charge < -0.3 is 0 Å². The van der Waals surface area contributed by atoms with Gasteiger partial charge in [0, 0.05) is 18.7 Å². The van der Waals surface area contributed by atoms with Crippen molar-refractivity contribution in [2.24, 2.45) is 5.10 Å². The Kier molecular flexibility index (Phi) is 2.92. The second-order valence-corrected chi connectivity index (χ2v) is 3.91. The van der Waals surface area contributed by atoms with Crippen LogP contribution < -0.4 is 5.01 Å². The molecular formula is C10H10N4O4. The Morgan fingerprint density at radius 3 is 2.56 bits per heavy atom. The van der Waals surface area contributed by atoms with E-state index in [-0.39, 0.29) is 23.1 Å². The number of benzene rings is 1. The first-order valence-corrected chi connectivity index (χ1v) is 5.25. The molecule has 1 heterocycles. The fourth-order valence-electron chi connectivity index (χ4n) is 1.77. The predicted octanol–water partition coefficient (Wildman–Crippen LogP) is 2.09. The van der Waals surface area contributed by atoms with Gasteiger partial charge in [-0.15, -0.1) is 0 Å². The zero-order chi connectivity index (χ0) is 13.3. The van der Waals surface area contributed by atoms with E-state index in [1.807, 2.05) is 6.92 Å². The first-order chi connectivity index (χ1) is 8.50. The fraction of sp³-hybridized carbons (Fsp3) is 0.300. The van der Waals surface area contributed by atoms with Crippen LogP contribution in [0, 0.1) is 20.2 Å². The molecule has 0 fully saturated rings. The largest absolute Gasteiger partial charge is 0.301 e. The van der Waals surface area contributed by atoms with Gasteiger partial charge in [-0.2, -0.15) is 5.10 Å². The summed E-state index contributed by atoms with van der Waals surface area (Å²) in [5, 5.41) is 27.1. The summed E-state index contributed by atoms with van der Waals surface area (Å²) >= 11 is 0. The van der Waals surface area contributed by atoms with Crippen molar-refractivity contribution in [3.05, 3.63) is 38.4 Å². The number of nitro benzene ring substituents is 2. The van der Waals surface area contributed by atoms with E-state index in [1.165, 1.54) is 17.1 Å². The molecule has 0 bridgehead atoms. The van der Waals surface area contributed by atoms with Crippen LogP contribution in [0.5, 0.6) is 0 Å². The molecule has 0 spiro atoms. The van der Waals surface area contributed by atoms with E-state index in [4.69, 9.17) is 0 Å². The lowest BCUT2D eigenvalue weighted by Gasteiger charge is -2.19. The average molecular weight is 250 g/mol. The molecule has 18 heavy (non-hydrogen) atoms. The normalized spacial score (nSPS) is 18.1. The molecular weight excluding hydrogens is 240 g/mol. The number of non-ortho nitro benzene ring substituents is 1. The van der Waals surface area contributed by atoms with Gasteiger partial charge in [-0.05, 0) is 13.0 Å². The van der Waals surface area contributed by atoms with Gasteiger partial charge >= 0.3 is 5.69 Å². The van der Waals surface area contributed by atoms with Crippen LogP contribution in [0.15, 0.2) is 23.3 Å². The lowest BCUT2D eigenvalue weighted by Crippen LogP contribution is -2.23. The number of rotatable bonds is 3. The Bertz CT molecular complexity index is 543. The quantitative estimate of drug-likeness (QED) is 0.603. The Morgan fingerprint density at radius 1 is 1.33 bits per heavy atom. The van der Waals surface area contributed by atoms with Crippen molar-refractivity contribution in [3.8, 4) is 0 Å². The van der Waals surface area contributed by atoms with Crippen molar-refractivity contribution >= 4 is 23.3 Å². The minimum atomic E-state index is -0.659. The van der Waals surface area contributed by atoms with Crippen LogP contribution in [-0.2, 0) is 0 Å². The fourth-order valence-corrected chi connectivity index (χ4v) is 1.77. The number of hydrogen-bond acceptors (Lipinski definition) is 6. The van der Waals surface area contributed by atoms with Crippen molar-refractivity contribution in [1.29, 1.82) is 0 Å². The van der Waals surface area contributed by atoms with E-state index in [9.17, 15) is 20.2 Å². The van der Waals surface area contributed by atoms with E-state index in [2.05, 4.69) is 5.10 Å². The zero-order valence-electron chi connectivity index (χ0n) is 9.52. The molecule has 2 rings (SSSR count). The highest BCUT2D eigenvalue weighted by molar-refractivity contribution is 5.72. The van der Waals surface area contributed by atoms with Crippen LogP contribution >= 0.6 is 0 Å². The predicted molar refractivity (Wildman–Crippen MR) is 64.8 cm³/mol. The molecule has 1 aliphatic rings. The molecule has 1 unspecified atom stereocenters. The van der Waals surface area contributed by atoms with Gasteiger partial charge in [-0.1, -0.05) is 0 Å². The summed E-state index contributed by atoms with van der Waals surface area (Å²) in [5.41, 5.74) is -0.344. The van der Waals surface area contributed by atoms with Crippen LogP contribution in [0.2, 0.25) is 0 Å². The third-order valence-electron chi connectivity index (χ3n) is 2.68. The van der Waals surface area contributed by atoms with E-state index >= 15 is 0 Å². The molecule has 1 atom stereocenters. The van der Waals surface area contributed by atoms with Crippen molar-refractivity contribution in [2.45, 2.75) is 19.4 Å². The van der Waals surface area contributed by atoms with Crippen LogP contribution in [-0.4, -0.2) is 22.1 Å². The minimum absolute atomic E-state index is 0.00477. The molecule has 0 N–H and O–H groups in total. The van der Waals surface area contributed by atoms with Gasteiger partial charge in [-0.25, -0.2) is 0 Å². The first-order valence-electron chi connectivity index (χ1n) is 5.25. The summed E-state index contributed by atoms with van der Waals surface area (Å²) in [7, 11) is 0. The SMILES string of the molecule is CC1CC=NN1c1ccc([N+](=O)[O-])cc1[N+](=O)[O-]. The highest BCUT2D eigenvalue weighted by Gasteiger charge is 2.27. The Balaban J connectivity index is 2.50. The maximum atomic E-state index is 11.0. The number of hydrazone groups is 1. The van der Waals surface area contributed by atoms with Gasteiger partial charge in [0.15, 0.2) is 0 Å². The van der Waals surface area contributed by atoms with Crippen LogP contribution in [0.3, 0.4) is 0 Å². The average Bonchev–Trinajstić information content (AvgIpc) is 2.74. The highest BCUT2D eigenvalue weighted by Crippen LogP contribution is 2.34. The van der Waals surface area contributed by atoms with Crippen molar-refractivity contribution < 1.29 is 9.85 Å². The van der Waals surface area contributed by atoms with Crippen molar-refractivity contribution in [1.82, 2.24) is 0 Å². The Labute approximate surface area is 102 Å². The van der Waals surface area contributed by atoms with Crippen molar-refractivity contribution in [3.63, 3.8) is 0 Å². The second kappa shape index (κ2) is 4.40. The smallest absolute Gasteiger partial charge is 0.258 e. The second-order valence-electron chi connectivity index (χ2n) is 3.91. The maximum absolute atomic E-state index is 11.0. The molecule has 0 saturated heterocycles. The number of nitro groups is 2. The lowest BCUT2D eigenvalue weighted by atomic mass is 10.2. The molecule has 94 valence electrons. The van der Waals surface area contributed by atoms with E-state index in [0.29, 0.717) is 6.42 Å². The number of hydrogen-bond donors (Lipinski definition) is 0. The molecule has 1 aliphatic heterocycles. The number of nitrogens with zero attached hydrogens (tertiary/aromatic N) is 4. The summed E-state index contributed by atoms with van der Waals surface area (Å²) in [4.78, 5) is 20.3. The molecule has 0 amide bonds. The third-order valence-corrected chi connectivity index (χ3v) is 2.68. The zero-order valence-corrected chi connectivity index (χ0v) is 9.52. The number of anilines is 1. The first kappa shape index (κ1) is 12.0. The third kappa shape index (κ3) is 1.99. The minimum Gasteiger partial charge on any atom is -0.258 e. The topological polar surface area (TPSA) is 102 Å². The molecule has 1 aromatic rings. The van der Waals surface area contributed by atoms with E-state index < -0.39 is 9.85 Å². The summed E-state index contributed by atoms with van der Waals surface area (Å²) in [5.74, 6) is 0. The Morgan fingerprint density at radius 2 is 2.06 bits per heavy atom. The lowest BCUT2D eigenvalue weighted by molar-refractivity contribution is -0.393. The Hall–Kier alpha value is -2.51. The summed E-state index contributed by atoms with van der Waals surface area (Å²) < 4.78 is 0. The van der Waals surface area contributed by atoms with E-state index in [0.717, 1.165) is 6.07 Å². The standard InChI is InChI=1S/C10H10N4O4/c1-7-4-5-11-12(7)9-3-2-8(13(15)16)6-10(9)14(17)18/h2-3,5-7H,4H2,1H3. The highest BCUT2D eigenvalue weighted by atomic mass is 16.6. The molecule has 0 aliphatic carbocycles. The van der Waals surface area contributed by atoms with Crippen LogP contribution in [0.1, 0.15) is 13.3 Å². The molecule has 8 nitrogen and oxygen atoms in total. The van der Waals surface area contributed by atoms with Gasteiger partial charge in [0.2, 0.25) is 0 Å². The van der Waals surface area contributed by atoms with Gasteiger partial charge in [0.05, 0.1) is 22.0 Å². The summed E-state index contributed by atoms with van der Waals surface area (Å²) in [6.45, 7) is 1.87. The van der Waals surface area contributed by atoms with Crippen LogP contribution in [0.25, 0.3) is 0 Å². The molecule has 0 radical (unpaired) electrons. The van der Waals surface area contributed by atoms with Gasteiger partial charge in [0.25, 0.3) is 5.69 Å². The van der Waals surface area contributed by atoms with Gasteiger partial charge in [0.1, 0.15) is 5.69 Å². The van der Waals surface area contributed by atoms with Crippen LogP contribution in [0.4, 0.5) is 17.1 Å². The molecule has 0 saturated carbocycles. The molecule has 0 aromatic heterocycles.